The average molecular weight is 393 g/mol. The van der Waals surface area contributed by atoms with Gasteiger partial charge in [-0.3, -0.25) is 4.79 Å². The van der Waals surface area contributed by atoms with E-state index in [9.17, 15) is 18.0 Å². The lowest BCUT2D eigenvalue weighted by Crippen LogP contribution is -2.47. The van der Waals surface area contributed by atoms with Crippen LogP contribution in [0.5, 0.6) is 0 Å². The van der Waals surface area contributed by atoms with Crippen molar-refractivity contribution in [1.29, 1.82) is 0 Å². The molecule has 0 unspecified atom stereocenters. The first-order valence-electron chi connectivity index (χ1n) is 9.28. The first-order chi connectivity index (χ1) is 13.3. The molecule has 4 rings (SSSR count). The summed E-state index contributed by atoms with van der Waals surface area (Å²) >= 11 is 0. The number of fused-ring (bicyclic) bond motifs is 1. The zero-order valence-electron chi connectivity index (χ0n) is 15.5. The molecule has 2 aliphatic heterocycles. The number of rotatable bonds is 2. The van der Waals surface area contributed by atoms with Crippen molar-refractivity contribution in [2.24, 2.45) is 0 Å². The maximum Gasteiger partial charge on any atom is 0.410 e. The number of hydrogen-bond donors (Lipinski definition) is 1. The molecule has 9 heteroatoms. The Kier molecular flexibility index (Phi) is 4.78. The van der Waals surface area contributed by atoms with Gasteiger partial charge in [0, 0.05) is 38.7 Å². The standard InChI is InChI=1S/C19H22F3N5O/c1-25-7-9-26(10-8-25)18(28)15-12-17-23-14(13-5-3-2-4-6-13)11-16(19(20,21)22)27(17)24-15/h2-6,12,14,16,23H,7-11H2,1H3/t14-,16-/m0/s1. The highest BCUT2D eigenvalue weighted by Crippen LogP contribution is 2.43. The summed E-state index contributed by atoms with van der Waals surface area (Å²) in [6.07, 6.45) is -4.63. The third-order valence-electron chi connectivity index (χ3n) is 5.40. The summed E-state index contributed by atoms with van der Waals surface area (Å²) in [5, 5.41) is 7.17. The van der Waals surface area contributed by atoms with Gasteiger partial charge in [-0.1, -0.05) is 30.3 Å². The fraction of sp³-hybridized carbons (Fsp3) is 0.474. The molecule has 2 aliphatic rings. The monoisotopic (exact) mass is 393 g/mol. The van der Waals surface area contributed by atoms with Gasteiger partial charge in [-0.25, -0.2) is 4.68 Å². The number of alkyl halides is 3. The van der Waals surface area contributed by atoms with Crippen LogP contribution in [-0.4, -0.2) is 64.9 Å². The Morgan fingerprint density at radius 1 is 1.14 bits per heavy atom. The van der Waals surface area contributed by atoms with Crippen LogP contribution in [-0.2, 0) is 0 Å². The Morgan fingerprint density at radius 3 is 2.46 bits per heavy atom. The summed E-state index contributed by atoms with van der Waals surface area (Å²) in [7, 11) is 1.97. The Hall–Kier alpha value is -2.55. The molecule has 1 fully saturated rings. The molecular weight excluding hydrogens is 371 g/mol. The van der Waals surface area contributed by atoms with Gasteiger partial charge >= 0.3 is 6.18 Å². The van der Waals surface area contributed by atoms with Crippen molar-refractivity contribution in [2.75, 3.05) is 38.5 Å². The largest absolute Gasteiger partial charge is 0.410 e. The number of hydrogen-bond acceptors (Lipinski definition) is 4. The number of nitrogens with zero attached hydrogens (tertiary/aromatic N) is 4. The van der Waals surface area contributed by atoms with E-state index >= 15 is 0 Å². The predicted molar refractivity (Wildman–Crippen MR) is 98.1 cm³/mol. The van der Waals surface area contributed by atoms with E-state index in [0.717, 1.165) is 23.3 Å². The molecule has 2 atom stereocenters. The second kappa shape index (κ2) is 7.12. The number of carbonyl (C=O) groups is 1. The number of piperazine rings is 1. The van der Waals surface area contributed by atoms with Crippen LogP contribution in [0.1, 0.15) is 34.6 Å². The SMILES string of the molecule is CN1CCN(C(=O)c2cc3n(n2)[C@H](C(F)(F)F)C[C@@H](c2ccccc2)N3)CC1. The average Bonchev–Trinajstić information content (AvgIpc) is 3.11. The van der Waals surface area contributed by atoms with Gasteiger partial charge in [-0.05, 0) is 12.6 Å². The van der Waals surface area contributed by atoms with Gasteiger partial charge in [0.05, 0.1) is 6.04 Å². The van der Waals surface area contributed by atoms with Crippen LogP contribution >= 0.6 is 0 Å². The topological polar surface area (TPSA) is 53.4 Å². The number of halogens is 3. The normalized spacial score (nSPS) is 23.2. The highest BCUT2D eigenvalue weighted by atomic mass is 19.4. The lowest BCUT2D eigenvalue weighted by atomic mass is 9.97. The van der Waals surface area contributed by atoms with E-state index in [1.54, 1.807) is 29.2 Å². The Balaban J connectivity index is 1.63. The minimum Gasteiger partial charge on any atom is -0.363 e. The number of anilines is 1. The molecule has 3 heterocycles. The minimum absolute atomic E-state index is 0.0509. The van der Waals surface area contributed by atoms with Gasteiger partial charge in [0.25, 0.3) is 5.91 Å². The molecule has 6 nitrogen and oxygen atoms in total. The maximum atomic E-state index is 13.7. The van der Waals surface area contributed by atoms with Crippen LogP contribution in [0.3, 0.4) is 0 Å². The second-order valence-corrected chi connectivity index (χ2v) is 7.36. The van der Waals surface area contributed by atoms with Crippen LogP contribution in [0, 0.1) is 0 Å². The minimum atomic E-state index is -4.45. The molecule has 0 spiro atoms. The Labute approximate surface area is 160 Å². The van der Waals surface area contributed by atoms with Gasteiger partial charge < -0.3 is 15.1 Å². The third kappa shape index (κ3) is 3.58. The van der Waals surface area contributed by atoms with Crippen LogP contribution < -0.4 is 5.32 Å². The van der Waals surface area contributed by atoms with E-state index in [1.165, 1.54) is 6.07 Å². The second-order valence-electron chi connectivity index (χ2n) is 7.36. The molecule has 1 aromatic carbocycles. The van der Waals surface area contributed by atoms with Crippen LogP contribution in [0.2, 0.25) is 0 Å². The van der Waals surface area contributed by atoms with Gasteiger partial charge in [-0.15, -0.1) is 0 Å². The van der Waals surface area contributed by atoms with E-state index < -0.39 is 18.3 Å². The molecule has 150 valence electrons. The van der Waals surface area contributed by atoms with Gasteiger partial charge in [0.1, 0.15) is 5.82 Å². The van der Waals surface area contributed by atoms with Crippen LogP contribution in [0.25, 0.3) is 0 Å². The smallest absolute Gasteiger partial charge is 0.363 e. The van der Waals surface area contributed by atoms with Gasteiger partial charge in [-0.2, -0.15) is 18.3 Å². The summed E-state index contributed by atoms with van der Waals surface area (Å²) in [6, 6.07) is 8.19. The zero-order valence-corrected chi connectivity index (χ0v) is 15.5. The summed E-state index contributed by atoms with van der Waals surface area (Å²) in [5.41, 5.74) is 0.825. The van der Waals surface area contributed by atoms with Crippen LogP contribution in [0.4, 0.5) is 19.0 Å². The van der Waals surface area contributed by atoms with Crippen molar-refractivity contribution >= 4 is 11.7 Å². The van der Waals surface area contributed by atoms with E-state index in [1.807, 2.05) is 13.1 Å². The number of nitrogens with one attached hydrogen (secondary N) is 1. The van der Waals surface area contributed by atoms with E-state index in [2.05, 4.69) is 15.3 Å². The molecule has 1 N–H and O–H groups in total. The first-order valence-corrected chi connectivity index (χ1v) is 9.28. The third-order valence-corrected chi connectivity index (χ3v) is 5.40. The summed E-state index contributed by atoms with van der Waals surface area (Å²) < 4.78 is 42.1. The number of likely N-dealkylation sites (N-methyl/N-ethyl adjacent to an activating group) is 1. The molecule has 0 aliphatic carbocycles. The Morgan fingerprint density at radius 2 is 1.82 bits per heavy atom. The first kappa shape index (κ1) is 18.8. The van der Waals surface area contributed by atoms with E-state index in [-0.39, 0.29) is 23.8 Å². The van der Waals surface area contributed by atoms with Crippen molar-refractivity contribution in [2.45, 2.75) is 24.7 Å². The number of aromatic nitrogens is 2. The lowest BCUT2D eigenvalue weighted by molar-refractivity contribution is -0.173. The Bertz CT molecular complexity index is 843. The molecule has 1 saturated heterocycles. The van der Waals surface area contributed by atoms with Crippen LogP contribution in [0.15, 0.2) is 36.4 Å². The molecule has 28 heavy (non-hydrogen) atoms. The number of carbonyl (C=O) groups excluding carboxylic acids is 1. The van der Waals surface area contributed by atoms with Crippen molar-refractivity contribution in [1.82, 2.24) is 19.6 Å². The highest BCUT2D eigenvalue weighted by Gasteiger charge is 2.47. The number of benzene rings is 1. The molecule has 0 radical (unpaired) electrons. The van der Waals surface area contributed by atoms with E-state index in [0.29, 0.717) is 13.1 Å². The van der Waals surface area contributed by atoms with E-state index in [4.69, 9.17) is 0 Å². The summed E-state index contributed by atoms with van der Waals surface area (Å²) in [4.78, 5) is 16.5. The summed E-state index contributed by atoms with van der Waals surface area (Å²) in [6.45, 7) is 2.55. The van der Waals surface area contributed by atoms with Crippen molar-refractivity contribution < 1.29 is 18.0 Å². The number of amides is 1. The highest BCUT2D eigenvalue weighted by molar-refractivity contribution is 5.93. The van der Waals surface area contributed by atoms with Gasteiger partial charge in [0.2, 0.25) is 0 Å². The summed E-state index contributed by atoms with van der Waals surface area (Å²) in [5.74, 6) is -0.103. The maximum absolute atomic E-state index is 13.7. The molecule has 1 amide bonds. The van der Waals surface area contributed by atoms with Crippen molar-refractivity contribution in [3.8, 4) is 0 Å². The quantitative estimate of drug-likeness (QED) is 0.853. The predicted octanol–water partition coefficient (Wildman–Crippen LogP) is 2.93. The molecule has 0 bridgehead atoms. The molecule has 2 aromatic rings. The fourth-order valence-electron chi connectivity index (χ4n) is 3.75. The lowest BCUT2D eigenvalue weighted by Gasteiger charge is -2.33. The van der Waals surface area contributed by atoms with Crippen molar-refractivity contribution in [3.63, 3.8) is 0 Å². The molecule has 0 saturated carbocycles. The van der Waals surface area contributed by atoms with Gasteiger partial charge in [0.15, 0.2) is 11.7 Å². The molecular formula is C19H22F3N5O. The van der Waals surface area contributed by atoms with Crippen molar-refractivity contribution in [3.05, 3.63) is 47.7 Å². The fourth-order valence-corrected chi connectivity index (χ4v) is 3.75. The zero-order chi connectivity index (χ0) is 19.9. The molecule has 1 aromatic heterocycles.